The molecule has 21 heavy (non-hydrogen) atoms. The quantitative estimate of drug-likeness (QED) is 0.908. The minimum atomic E-state index is -0.254. The average Bonchev–Trinajstić information content (AvgIpc) is 2.66. The largest absolute Gasteiger partial charge is 0.347 e. The van der Waals surface area contributed by atoms with E-state index in [-0.39, 0.29) is 23.0 Å². The zero-order valence-corrected chi connectivity index (χ0v) is 13.0. The van der Waals surface area contributed by atoms with Crippen LogP contribution in [0.3, 0.4) is 0 Å². The highest BCUT2D eigenvalue weighted by molar-refractivity contribution is 7.10. The minimum absolute atomic E-state index is 0.147. The first-order valence-corrected chi connectivity index (χ1v) is 7.19. The van der Waals surface area contributed by atoms with Gasteiger partial charge in [-0.05, 0) is 32.4 Å². The summed E-state index contributed by atoms with van der Waals surface area (Å²) >= 11 is 1.09. The van der Waals surface area contributed by atoms with E-state index in [0.717, 1.165) is 21.8 Å². The fraction of sp³-hybridized carbons (Fsp3) is 0.385. The number of aryl methyl sites for hydroxylation is 2. The first kappa shape index (κ1) is 15.3. The van der Waals surface area contributed by atoms with Gasteiger partial charge < -0.3 is 5.32 Å². The first-order valence-electron chi connectivity index (χ1n) is 6.38. The van der Waals surface area contributed by atoms with Gasteiger partial charge in [-0.15, -0.1) is 11.3 Å². The number of carbonyl (C=O) groups excluding carboxylic acids is 1. The molecule has 0 radical (unpaired) electrons. The van der Waals surface area contributed by atoms with Gasteiger partial charge >= 0.3 is 0 Å². The van der Waals surface area contributed by atoms with Gasteiger partial charge in [-0.2, -0.15) is 19.3 Å². The van der Waals surface area contributed by atoms with Crippen LogP contribution in [0.1, 0.15) is 36.2 Å². The zero-order chi connectivity index (χ0) is 15.6. The van der Waals surface area contributed by atoms with Gasteiger partial charge in [0.25, 0.3) is 0 Å². The Morgan fingerprint density at radius 1 is 1.29 bits per heavy atom. The molecule has 2 aromatic heterocycles. The molecule has 2 aromatic rings. The maximum atomic E-state index is 13.3. The molecule has 0 aliphatic rings. The molecule has 0 spiro atoms. The number of nitrogens with zero attached hydrogens (tertiary/aromatic N) is 3. The summed E-state index contributed by atoms with van der Waals surface area (Å²) in [5.74, 6) is 0.763. The fourth-order valence-corrected chi connectivity index (χ4v) is 2.81. The topological polar surface area (TPSA) is 79.8 Å². The molecule has 2 N–H and O–H groups in total. The number of nitrogens with one attached hydrogen (secondary N) is 2. The van der Waals surface area contributed by atoms with Crippen LogP contribution in [0.4, 0.5) is 16.3 Å². The van der Waals surface area contributed by atoms with Crippen molar-refractivity contribution in [3.05, 3.63) is 27.5 Å². The summed E-state index contributed by atoms with van der Waals surface area (Å²) in [5, 5.41) is 5.39. The molecule has 0 saturated heterocycles. The molecule has 0 aliphatic heterocycles. The lowest BCUT2D eigenvalue weighted by molar-refractivity contribution is -0.114. The van der Waals surface area contributed by atoms with E-state index in [2.05, 4.69) is 25.6 Å². The summed E-state index contributed by atoms with van der Waals surface area (Å²) in [5.41, 5.74) is 0.880. The van der Waals surface area contributed by atoms with Crippen LogP contribution >= 0.6 is 11.3 Å². The molecule has 0 fully saturated rings. The Morgan fingerprint density at radius 2 is 1.95 bits per heavy atom. The third-order valence-electron chi connectivity index (χ3n) is 2.70. The van der Waals surface area contributed by atoms with Crippen LogP contribution in [0.25, 0.3) is 0 Å². The molecular weight excluding hydrogens is 293 g/mol. The van der Waals surface area contributed by atoms with Crippen LogP contribution in [-0.2, 0) is 4.79 Å². The summed E-state index contributed by atoms with van der Waals surface area (Å²) in [6.45, 7) is 6.84. The van der Waals surface area contributed by atoms with Gasteiger partial charge in [0.2, 0.25) is 17.8 Å². The van der Waals surface area contributed by atoms with Crippen molar-refractivity contribution in [3.63, 3.8) is 0 Å². The molecule has 0 saturated carbocycles. The van der Waals surface area contributed by atoms with Crippen molar-refractivity contribution in [2.75, 3.05) is 10.6 Å². The predicted molar refractivity (Wildman–Crippen MR) is 79.9 cm³/mol. The average molecular weight is 309 g/mol. The summed E-state index contributed by atoms with van der Waals surface area (Å²) in [6.07, 6.45) is 0. The molecule has 1 atom stereocenters. The zero-order valence-electron chi connectivity index (χ0n) is 12.2. The van der Waals surface area contributed by atoms with Crippen molar-refractivity contribution in [2.24, 2.45) is 0 Å². The molecule has 8 heteroatoms. The third-order valence-corrected chi connectivity index (χ3v) is 3.91. The first-order chi connectivity index (χ1) is 9.85. The third kappa shape index (κ3) is 3.94. The van der Waals surface area contributed by atoms with Crippen molar-refractivity contribution in [1.82, 2.24) is 15.0 Å². The van der Waals surface area contributed by atoms with E-state index >= 15 is 0 Å². The predicted octanol–water partition coefficient (Wildman–Crippen LogP) is 2.82. The lowest BCUT2D eigenvalue weighted by Crippen LogP contribution is -2.14. The highest BCUT2D eigenvalue weighted by atomic mass is 32.1. The minimum Gasteiger partial charge on any atom is -0.347 e. The maximum absolute atomic E-state index is 13.3. The summed E-state index contributed by atoms with van der Waals surface area (Å²) < 4.78 is 13.3. The molecule has 112 valence electrons. The monoisotopic (exact) mass is 309 g/mol. The normalized spacial score (nSPS) is 12.0. The second kappa shape index (κ2) is 6.13. The molecule has 0 bridgehead atoms. The molecule has 2 heterocycles. The number of anilines is 2. The van der Waals surface area contributed by atoms with Crippen molar-refractivity contribution in [3.8, 4) is 0 Å². The van der Waals surface area contributed by atoms with Gasteiger partial charge in [-0.3, -0.25) is 10.1 Å². The van der Waals surface area contributed by atoms with E-state index in [1.54, 1.807) is 6.92 Å². The van der Waals surface area contributed by atoms with Gasteiger partial charge in [0, 0.05) is 11.8 Å². The number of amides is 1. The van der Waals surface area contributed by atoms with Crippen LogP contribution in [-0.4, -0.2) is 20.9 Å². The molecule has 1 unspecified atom stereocenters. The van der Waals surface area contributed by atoms with Crippen molar-refractivity contribution in [2.45, 2.75) is 33.7 Å². The number of hydrogen-bond acceptors (Lipinski definition) is 6. The Morgan fingerprint density at radius 3 is 2.52 bits per heavy atom. The Hall–Kier alpha value is -2.09. The second-order valence-electron chi connectivity index (χ2n) is 4.67. The van der Waals surface area contributed by atoms with E-state index < -0.39 is 0 Å². The van der Waals surface area contributed by atoms with Crippen molar-refractivity contribution >= 4 is 29.1 Å². The van der Waals surface area contributed by atoms with Crippen LogP contribution in [0.5, 0.6) is 0 Å². The molecule has 2 rings (SSSR count). The van der Waals surface area contributed by atoms with E-state index in [0.29, 0.717) is 11.8 Å². The smallest absolute Gasteiger partial charge is 0.234 e. The molecule has 0 aliphatic carbocycles. The Balaban J connectivity index is 2.20. The van der Waals surface area contributed by atoms with Crippen LogP contribution in [0.15, 0.2) is 6.07 Å². The molecule has 0 aromatic carbocycles. The maximum Gasteiger partial charge on any atom is 0.234 e. The van der Waals surface area contributed by atoms with Crippen LogP contribution < -0.4 is 10.6 Å². The van der Waals surface area contributed by atoms with E-state index in [9.17, 15) is 9.18 Å². The van der Waals surface area contributed by atoms with Crippen molar-refractivity contribution < 1.29 is 9.18 Å². The SMILES string of the molecule is CC(=O)Nc1nc(C)nc(NC(C)c2sc(F)cc2C)n1. The summed E-state index contributed by atoms with van der Waals surface area (Å²) in [7, 11) is 0. The van der Waals surface area contributed by atoms with E-state index in [1.807, 2.05) is 13.8 Å². The summed E-state index contributed by atoms with van der Waals surface area (Å²) in [4.78, 5) is 24.3. The van der Waals surface area contributed by atoms with Gasteiger partial charge in [0.1, 0.15) is 5.82 Å². The second-order valence-corrected chi connectivity index (χ2v) is 5.71. The van der Waals surface area contributed by atoms with Gasteiger partial charge in [0.05, 0.1) is 6.04 Å². The highest BCUT2D eigenvalue weighted by Gasteiger charge is 2.15. The fourth-order valence-electron chi connectivity index (χ4n) is 1.91. The van der Waals surface area contributed by atoms with Crippen LogP contribution in [0.2, 0.25) is 0 Å². The number of halogens is 1. The molecule has 1 amide bonds. The van der Waals surface area contributed by atoms with E-state index in [1.165, 1.54) is 13.0 Å². The highest BCUT2D eigenvalue weighted by Crippen LogP contribution is 2.28. The number of hydrogen-bond donors (Lipinski definition) is 2. The van der Waals surface area contributed by atoms with Gasteiger partial charge in [-0.1, -0.05) is 0 Å². The summed E-state index contributed by atoms with van der Waals surface area (Å²) in [6, 6.07) is 1.35. The Labute approximate surface area is 125 Å². The number of rotatable bonds is 4. The van der Waals surface area contributed by atoms with Gasteiger partial charge in [0.15, 0.2) is 5.13 Å². The van der Waals surface area contributed by atoms with Gasteiger partial charge in [-0.25, -0.2) is 0 Å². The molecule has 6 nitrogen and oxygen atoms in total. The van der Waals surface area contributed by atoms with E-state index in [4.69, 9.17) is 0 Å². The number of carbonyl (C=O) groups is 1. The molecular formula is C13H16FN5OS. The number of thiophene rings is 1. The standard InChI is InChI=1S/C13H16FN5OS/c1-6-5-10(14)21-11(6)7(2)15-12-16-8(3)17-13(19-12)18-9(4)20/h5,7H,1-4H3,(H2,15,16,17,18,19,20). The van der Waals surface area contributed by atoms with Crippen LogP contribution in [0, 0.1) is 19.0 Å². The number of aromatic nitrogens is 3. The Bertz CT molecular complexity index is 673. The lowest BCUT2D eigenvalue weighted by Gasteiger charge is -2.14. The van der Waals surface area contributed by atoms with Crippen molar-refractivity contribution in [1.29, 1.82) is 0 Å². The lowest BCUT2D eigenvalue weighted by atomic mass is 10.2. The Kier molecular flexibility index (Phi) is 4.46.